The molecule has 1 aliphatic heterocycles. The number of hydrogen-bond donors (Lipinski definition) is 2. The van der Waals surface area contributed by atoms with Crippen LogP contribution in [0, 0.1) is 0 Å². The van der Waals surface area contributed by atoms with E-state index in [1.54, 1.807) is 7.11 Å². The van der Waals surface area contributed by atoms with Gasteiger partial charge in [-0.3, -0.25) is 4.79 Å². The Bertz CT molecular complexity index is 1140. The zero-order valence-corrected chi connectivity index (χ0v) is 18.8. The lowest BCUT2D eigenvalue weighted by Gasteiger charge is -2.41. The first kappa shape index (κ1) is 20.8. The van der Waals surface area contributed by atoms with Crippen LogP contribution >= 0.6 is 0 Å². The molecule has 2 aliphatic rings. The van der Waals surface area contributed by atoms with Gasteiger partial charge < -0.3 is 25.3 Å². The van der Waals surface area contributed by atoms with Gasteiger partial charge in [0.15, 0.2) is 5.82 Å². The number of piperazine rings is 1. The number of carbonyl (C=O) groups is 1. The predicted molar refractivity (Wildman–Crippen MR) is 128 cm³/mol. The second kappa shape index (κ2) is 8.47. The normalized spacial score (nSPS) is 19.0. The summed E-state index contributed by atoms with van der Waals surface area (Å²) >= 11 is 0. The van der Waals surface area contributed by atoms with E-state index >= 15 is 0 Å². The van der Waals surface area contributed by atoms with Crippen LogP contribution in [0.2, 0.25) is 0 Å². The van der Waals surface area contributed by atoms with E-state index in [0.717, 1.165) is 41.2 Å². The van der Waals surface area contributed by atoms with E-state index in [0.29, 0.717) is 31.2 Å². The smallest absolute Gasteiger partial charge is 0.225 e. The number of benzene rings is 1. The number of nitrogens with zero attached hydrogens (tertiary/aromatic N) is 3. The fourth-order valence-corrected chi connectivity index (χ4v) is 4.75. The van der Waals surface area contributed by atoms with Crippen molar-refractivity contribution in [3.8, 4) is 11.1 Å². The van der Waals surface area contributed by atoms with Crippen LogP contribution in [0.15, 0.2) is 36.5 Å². The van der Waals surface area contributed by atoms with Crippen LogP contribution in [0.5, 0.6) is 0 Å². The molecule has 1 aromatic carbocycles. The molecule has 7 heteroatoms. The highest BCUT2D eigenvalue weighted by molar-refractivity contribution is 5.87. The third-order valence-corrected chi connectivity index (χ3v) is 6.66. The highest BCUT2D eigenvalue weighted by Crippen LogP contribution is 2.45. The summed E-state index contributed by atoms with van der Waals surface area (Å²) in [6, 6.07) is 10.8. The minimum atomic E-state index is 0.105. The Morgan fingerprint density at radius 2 is 2.09 bits per heavy atom. The Kier molecular flexibility index (Phi) is 5.51. The van der Waals surface area contributed by atoms with Gasteiger partial charge in [0.25, 0.3) is 0 Å². The Balaban J connectivity index is 1.42. The molecule has 2 fully saturated rings. The number of aromatic nitrogens is 2. The van der Waals surface area contributed by atoms with E-state index in [9.17, 15) is 4.79 Å². The number of rotatable bonds is 6. The number of H-pyrrole nitrogens is 1. The zero-order chi connectivity index (χ0) is 22.2. The van der Waals surface area contributed by atoms with Crippen LogP contribution in [0.4, 0.5) is 11.5 Å². The van der Waals surface area contributed by atoms with Gasteiger partial charge in [0.2, 0.25) is 5.91 Å². The Morgan fingerprint density at radius 1 is 1.25 bits per heavy atom. The van der Waals surface area contributed by atoms with Crippen LogP contribution in [-0.2, 0) is 9.53 Å². The molecule has 3 heterocycles. The highest BCUT2D eigenvalue weighted by Gasteiger charge is 2.32. The molecular weight excluding hydrogens is 402 g/mol. The number of nitrogens with one attached hydrogen (secondary N) is 1. The number of methoxy groups -OCH3 is 1. The molecule has 168 valence electrons. The van der Waals surface area contributed by atoms with E-state index in [2.05, 4.69) is 47.1 Å². The lowest BCUT2D eigenvalue weighted by molar-refractivity contribution is -0.134. The van der Waals surface area contributed by atoms with Crippen molar-refractivity contribution >= 4 is 28.3 Å². The van der Waals surface area contributed by atoms with Crippen LogP contribution < -0.4 is 10.6 Å². The quantitative estimate of drug-likeness (QED) is 0.618. The highest BCUT2D eigenvalue weighted by atomic mass is 16.5. The first-order valence-electron chi connectivity index (χ1n) is 11.5. The summed E-state index contributed by atoms with van der Waals surface area (Å²) in [5.41, 5.74) is 11.8. The predicted octanol–water partition coefficient (Wildman–Crippen LogP) is 3.76. The van der Waals surface area contributed by atoms with E-state index < -0.39 is 0 Å². The first-order valence-corrected chi connectivity index (χ1v) is 11.5. The second-order valence-corrected chi connectivity index (χ2v) is 9.01. The number of nitrogen functional groups attached to an aromatic ring is 1. The van der Waals surface area contributed by atoms with Crippen molar-refractivity contribution in [1.29, 1.82) is 0 Å². The number of carbonyl (C=O) groups excluding carboxylic acids is 1. The van der Waals surface area contributed by atoms with E-state index in [4.69, 9.17) is 15.5 Å². The molecule has 1 amide bonds. The summed E-state index contributed by atoms with van der Waals surface area (Å²) in [7, 11) is 1.63. The van der Waals surface area contributed by atoms with E-state index in [-0.39, 0.29) is 11.9 Å². The van der Waals surface area contributed by atoms with Gasteiger partial charge in [0.1, 0.15) is 0 Å². The van der Waals surface area contributed by atoms with Crippen molar-refractivity contribution in [3.05, 3.63) is 42.2 Å². The Labute approximate surface area is 188 Å². The molecule has 1 atom stereocenters. The topological polar surface area (TPSA) is 87.5 Å². The van der Waals surface area contributed by atoms with Gasteiger partial charge in [0.05, 0.1) is 24.4 Å². The minimum Gasteiger partial charge on any atom is -0.396 e. The maximum absolute atomic E-state index is 12.5. The van der Waals surface area contributed by atoms with Crippen LogP contribution in [0.25, 0.3) is 22.0 Å². The first-order chi connectivity index (χ1) is 15.5. The maximum atomic E-state index is 12.5. The number of amides is 1. The summed E-state index contributed by atoms with van der Waals surface area (Å²) in [6.45, 7) is 4.69. The Morgan fingerprint density at radius 3 is 2.84 bits per heavy atom. The number of pyridine rings is 1. The molecule has 5 rings (SSSR count). The molecule has 3 N–H and O–H groups in total. The van der Waals surface area contributed by atoms with Gasteiger partial charge in [-0.2, -0.15) is 0 Å². The summed E-state index contributed by atoms with van der Waals surface area (Å²) in [6.07, 6.45) is 4.73. The van der Waals surface area contributed by atoms with Crippen molar-refractivity contribution in [2.45, 2.75) is 38.1 Å². The van der Waals surface area contributed by atoms with Gasteiger partial charge >= 0.3 is 0 Å². The minimum absolute atomic E-state index is 0.105. The molecule has 1 saturated carbocycles. The monoisotopic (exact) mass is 433 g/mol. The van der Waals surface area contributed by atoms with Gasteiger partial charge in [0, 0.05) is 56.0 Å². The van der Waals surface area contributed by atoms with Crippen molar-refractivity contribution in [1.82, 2.24) is 14.9 Å². The molecule has 7 nitrogen and oxygen atoms in total. The number of ether oxygens (including phenoxy) is 1. The molecule has 2 aromatic heterocycles. The standard InChI is InChI=1S/C25H31N5O2/c1-16-15-29(10-11-30(16)23(31)8-12-32-2)25-21(26)14-20(24(28-25)18-4-5-18)19-6-3-17-7-9-27-22(17)13-19/h3,6-7,9,13-14,16,18,27H,4-5,8,10-12,15,26H2,1-2H3/t16-/m1/s1. The van der Waals surface area contributed by atoms with Gasteiger partial charge in [-0.15, -0.1) is 0 Å². The summed E-state index contributed by atoms with van der Waals surface area (Å²) in [5.74, 6) is 1.50. The summed E-state index contributed by atoms with van der Waals surface area (Å²) in [5, 5.41) is 1.20. The third-order valence-electron chi connectivity index (χ3n) is 6.66. The average Bonchev–Trinajstić information content (AvgIpc) is 3.53. The lowest BCUT2D eigenvalue weighted by atomic mass is 9.99. The molecule has 0 radical (unpaired) electrons. The SMILES string of the molecule is COCCC(=O)N1CCN(c2nc(C3CC3)c(-c3ccc4cc[nH]c4c3)cc2N)C[C@H]1C. The summed E-state index contributed by atoms with van der Waals surface area (Å²) < 4.78 is 5.07. The number of anilines is 2. The van der Waals surface area contributed by atoms with Gasteiger partial charge in [-0.1, -0.05) is 12.1 Å². The molecule has 0 bridgehead atoms. The Hall–Kier alpha value is -3.06. The van der Waals surface area contributed by atoms with E-state index in [1.165, 1.54) is 18.2 Å². The summed E-state index contributed by atoms with van der Waals surface area (Å²) in [4.78, 5) is 25.1. The van der Waals surface area contributed by atoms with Gasteiger partial charge in [-0.05, 0) is 48.9 Å². The molecule has 0 unspecified atom stereocenters. The van der Waals surface area contributed by atoms with Crippen molar-refractivity contribution < 1.29 is 9.53 Å². The van der Waals surface area contributed by atoms with Crippen LogP contribution in [0.1, 0.15) is 37.8 Å². The number of hydrogen-bond acceptors (Lipinski definition) is 5. The van der Waals surface area contributed by atoms with Crippen molar-refractivity contribution in [3.63, 3.8) is 0 Å². The van der Waals surface area contributed by atoms with Crippen LogP contribution in [0.3, 0.4) is 0 Å². The number of nitrogens with two attached hydrogens (primary N) is 1. The maximum Gasteiger partial charge on any atom is 0.225 e. The largest absolute Gasteiger partial charge is 0.396 e. The second-order valence-electron chi connectivity index (χ2n) is 9.01. The van der Waals surface area contributed by atoms with Crippen molar-refractivity contribution in [2.24, 2.45) is 0 Å². The number of aromatic amines is 1. The van der Waals surface area contributed by atoms with Crippen LogP contribution in [-0.4, -0.2) is 60.2 Å². The van der Waals surface area contributed by atoms with E-state index in [1.807, 2.05) is 11.1 Å². The van der Waals surface area contributed by atoms with Gasteiger partial charge in [-0.25, -0.2) is 4.98 Å². The third kappa shape index (κ3) is 3.93. The zero-order valence-electron chi connectivity index (χ0n) is 18.8. The molecule has 32 heavy (non-hydrogen) atoms. The number of fused-ring (bicyclic) bond motifs is 1. The lowest BCUT2D eigenvalue weighted by Crippen LogP contribution is -2.54. The van der Waals surface area contributed by atoms with Crippen molar-refractivity contribution in [2.75, 3.05) is 44.0 Å². The molecule has 1 aliphatic carbocycles. The fraction of sp³-hybridized carbons (Fsp3) is 0.440. The molecule has 3 aromatic rings. The molecule has 0 spiro atoms. The molecule has 1 saturated heterocycles. The molecular formula is C25H31N5O2. The average molecular weight is 434 g/mol. The fourth-order valence-electron chi connectivity index (χ4n) is 4.75.